The lowest BCUT2D eigenvalue weighted by atomic mass is 10.1. The van der Waals surface area contributed by atoms with Crippen molar-refractivity contribution < 1.29 is 22.9 Å². The summed E-state index contributed by atoms with van der Waals surface area (Å²) in [6, 6.07) is 0. The van der Waals surface area contributed by atoms with E-state index in [2.05, 4.69) is 20.9 Å². The molecule has 4 rings (SSSR count). The number of H-pyrrole nitrogens is 1. The Balaban J connectivity index is 1.49. The summed E-state index contributed by atoms with van der Waals surface area (Å²) in [5.74, 6) is 2.61. The minimum absolute atomic E-state index is 0.0798. The van der Waals surface area contributed by atoms with Gasteiger partial charge >= 0.3 is 13.5 Å². The molecule has 0 bridgehead atoms. The summed E-state index contributed by atoms with van der Waals surface area (Å²) in [7, 11) is -3.98. The largest absolute Gasteiger partial charge is 0.530 e. The molecule has 0 radical (unpaired) electrons. The number of phosphoric ester groups is 1. The number of aromatic amines is 1. The number of terminal acetylenes is 1. The van der Waals surface area contributed by atoms with Crippen molar-refractivity contribution in [2.24, 2.45) is 0 Å². The summed E-state index contributed by atoms with van der Waals surface area (Å²) < 4.78 is 35.5. The first-order valence-corrected chi connectivity index (χ1v) is 9.84. The van der Waals surface area contributed by atoms with Gasteiger partial charge in [0, 0.05) is 11.8 Å². The molecule has 12 heteroatoms. The zero-order chi connectivity index (χ0) is 20.6. The molecule has 0 unspecified atom stereocenters. The Morgan fingerprint density at radius 1 is 1.52 bits per heavy atom. The van der Waals surface area contributed by atoms with Gasteiger partial charge in [-0.3, -0.25) is 23.4 Å². The Kier molecular flexibility index (Phi) is 4.72. The molecule has 2 aromatic heterocycles. The van der Waals surface area contributed by atoms with Crippen LogP contribution in [0.1, 0.15) is 17.5 Å². The van der Waals surface area contributed by atoms with Gasteiger partial charge in [0.2, 0.25) is 0 Å². The van der Waals surface area contributed by atoms with Crippen LogP contribution >= 0.6 is 7.82 Å². The van der Waals surface area contributed by atoms with Crippen LogP contribution in [0.3, 0.4) is 0 Å². The van der Waals surface area contributed by atoms with E-state index in [0.29, 0.717) is 11.3 Å². The van der Waals surface area contributed by atoms with Crippen molar-refractivity contribution in [3.05, 3.63) is 63.0 Å². The highest BCUT2D eigenvalue weighted by Crippen LogP contribution is 2.54. The molecular formula is C17H15N4O7P. The van der Waals surface area contributed by atoms with Gasteiger partial charge in [0.25, 0.3) is 5.56 Å². The fraction of sp³-hybridized carbons (Fsp3) is 0.294. The Morgan fingerprint density at radius 3 is 3.14 bits per heavy atom. The molecule has 29 heavy (non-hydrogen) atoms. The monoisotopic (exact) mass is 418 g/mol. The zero-order valence-electron chi connectivity index (χ0n) is 15.1. The van der Waals surface area contributed by atoms with E-state index in [1.54, 1.807) is 6.92 Å². The number of aryl methyl sites for hydroxylation is 1. The van der Waals surface area contributed by atoms with E-state index in [1.807, 2.05) is 0 Å². The van der Waals surface area contributed by atoms with Gasteiger partial charge in [0.15, 0.2) is 17.6 Å². The van der Waals surface area contributed by atoms with Crippen LogP contribution in [-0.2, 0) is 25.0 Å². The van der Waals surface area contributed by atoms with E-state index < -0.39 is 30.9 Å². The van der Waals surface area contributed by atoms with E-state index in [9.17, 15) is 14.2 Å². The van der Waals surface area contributed by atoms with Gasteiger partial charge in [-0.05, 0) is 19.1 Å². The maximum absolute atomic E-state index is 12.7. The molecule has 2 aliphatic rings. The SMILES string of the molecule is C#C[C@@]1(CO[P@@]2(=O)OCc3ncncc3O2)C=C[C@H](n2cc(C)c(=O)[nH]c2=O)O1. The first kappa shape index (κ1) is 19.3. The van der Waals surface area contributed by atoms with E-state index in [-0.39, 0.29) is 19.0 Å². The predicted molar refractivity (Wildman–Crippen MR) is 97.9 cm³/mol. The third-order valence-corrected chi connectivity index (χ3v) is 5.60. The molecule has 0 amide bonds. The number of phosphoric acid groups is 1. The van der Waals surface area contributed by atoms with Gasteiger partial charge in [-0.15, -0.1) is 6.42 Å². The molecule has 3 atom stereocenters. The smallest absolute Gasteiger partial charge is 0.400 e. The van der Waals surface area contributed by atoms with Crippen molar-refractivity contribution in [2.75, 3.05) is 6.61 Å². The quantitative estimate of drug-likeness (QED) is 0.435. The number of fused-ring (bicyclic) bond motifs is 1. The summed E-state index contributed by atoms with van der Waals surface area (Å²) in [6.45, 7) is 1.10. The fourth-order valence-corrected chi connectivity index (χ4v) is 3.92. The predicted octanol–water partition coefficient (Wildman–Crippen LogP) is 0.826. The van der Waals surface area contributed by atoms with Gasteiger partial charge in [-0.25, -0.2) is 19.3 Å². The number of ether oxygens (including phenoxy) is 1. The van der Waals surface area contributed by atoms with Crippen LogP contribution in [0.25, 0.3) is 0 Å². The Morgan fingerprint density at radius 2 is 2.34 bits per heavy atom. The van der Waals surface area contributed by atoms with Gasteiger partial charge in [-0.1, -0.05) is 5.92 Å². The van der Waals surface area contributed by atoms with E-state index in [1.165, 1.54) is 35.4 Å². The second-order valence-corrected chi connectivity index (χ2v) is 7.89. The first-order chi connectivity index (χ1) is 13.8. The molecule has 150 valence electrons. The van der Waals surface area contributed by atoms with Gasteiger partial charge in [-0.2, -0.15) is 0 Å². The van der Waals surface area contributed by atoms with Crippen molar-refractivity contribution in [2.45, 2.75) is 25.4 Å². The molecule has 2 aliphatic heterocycles. The van der Waals surface area contributed by atoms with Gasteiger partial charge < -0.3 is 9.26 Å². The lowest BCUT2D eigenvalue weighted by molar-refractivity contribution is -0.0512. The van der Waals surface area contributed by atoms with Crippen LogP contribution in [-0.4, -0.2) is 31.7 Å². The maximum atomic E-state index is 12.7. The fourth-order valence-electron chi connectivity index (χ4n) is 2.71. The first-order valence-electron chi connectivity index (χ1n) is 8.38. The molecule has 4 heterocycles. The summed E-state index contributed by atoms with van der Waals surface area (Å²) in [6.07, 6.45) is 11.8. The summed E-state index contributed by atoms with van der Waals surface area (Å²) in [4.78, 5) is 33.6. The molecule has 0 fully saturated rings. The number of hydrogen-bond donors (Lipinski definition) is 1. The average molecular weight is 418 g/mol. The number of nitrogens with one attached hydrogen (secondary N) is 1. The molecule has 0 aliphatic carbocycles. The van der Waals surface area contributed by atoms with E-state index in [4.69, 9.17) is 24.7 Å². The van der Waals surface area contributed by atoms with Crippen molar-refractivity contribution >= 4 is 7.82 Å². The van der Waals surface area contributed by atoms with Crippen LogP contribution in [0, 0.1) is 19.3 Å². The summed E-state index contributed by atoms with van der Waals surface area (Å²) in [5, 5.41) is 0. The Hall–Kier alpha value is -3.03. The standard InChI is InChI=1S/C17H15N4O7P/c1-3-17(5-4-14(27-17)21-7-11(2)15(22)20-16(21)23)9-26-29(24)25-8-12-13(28-29)6-18-10-19-12/h1,4-7,10,14H,8-9H2,2H3,(H,20,22,23)/t14-,17+,29-/m1/s1. The normalized spacial score (nSPS) is 27.8. The van der Waals surface area contributed by atoms with Crippen LogP contribution in [0.4, 0.5) is 0 Å². The number of rotatable bonds is 4. The minimum Gasteiger partial charge on any atom is -0.400 e. The van der Waals surface area contributed by atoms with E-state index >= 15 is 0 Å². The molecule has 0 spiro atoms. The second kappa shape index (κ2) is 7.09. The summed E-state index contributed by atoms with van der Waals surface area (Å²) in [5.41, 5.74) is -1.82. The molecule has 0 aromatic carbocycles. The van der Waals surface area contributed by atoms with Crippen LogP contribution in [0.5, 0.6) is 5.75 Å². The van der Waals surface area contributed by atoms with Crippen molar-refractivity contribution in [3.63, 3.8) is 0 Å². The molecule has 1 N–H and O–H groups in total. The Bertz CT molecular complexity index is 1200. The van der Waals surface area contributed by atoms with Crippen LogP contribution in [0.2, 0.25) is 0 Å². The highest BCUT2D eigenvalue weighted by molar-refractivity contribution is 7.49. The number of nitrogens with zero attached hydrogens (tertiary/aromatic N) is 3. The highest BCUT2D eigenvalue weighted by atomic mass is 31.2. The van der Waals surface area contributed by atoms with Gasteiger partial charge in [0.1, 0.15) is 25.2 Å². The molecule has 0 saturated carbocycles. The molecule has 2 aromatic rings. The molecule has 0 saturated heterocycles. The Labute approximate surface area is 163 Å². The second-order valence-electron chi connectivity index (χ2n) is 6.30. The van der Waals surface area contributed by atoms with Gasteiger partial charge in [0.05, 0.1) is 6.20 Å². The van der Waals surface area contributed by atoms with E-state index in [0.717, 1.165) is 0 Å². The molecule has 11 nitrogen and oxygen atoms in total. The van der Waals surface area contributed by atoms with Crippen molar-refractivity contribution in [1.29, 1.82) is 0 Å². The minimum atomic E-state index is -3.98. The topological polar surface area (TPSA) is 135 Å². The lowest BCUT2D eigenvalue weighted by Gasteiger charge is -2.28. The van der Waals surface area contributed by atoms with Crippen LogP contribution < -0.4 is 15.8 Å². The lowest BCUT2D eigenvalue weighted by Crippen LogP contribution is -2.37. The van der Waals surface area contributed by atoms with Crippen molar-refractivity contribution in [1.82, 2.24) is 19.5 Å². The van der Waals surface area contributed by atoms with Crippen molar-refractivity contribution in [3.8, 4) is 18.1 Å². The average Bonchev–Trinajstić information content (AvgIpc) is 3.14. The highest BCUT2D eigenvalue weighted by Gasteiger charge is 2.41. The summed E-state index contributed by atoms with van der Waals surface area (Å²) >= 11 is 0. The number of aromatic nitrogens is 4. The third kappa shape index (κ3) is 3.66. The zero-order valence-corrected chi connectivity index (χ0v) is 16.0. The van der Waals surface area contributed by atoms with Crippen LogP contribution in [0.15, 0.2) is 40.5 Å². The molecular weight excluding hydrogens is 403 g/mol. The maximum Gasteiger partial charge on any atom is 0.530 e. The third-order valence-electron chi connectivity index (χ3n) is 4.29. The number of hydrogen-bond acceptors (Lipinski definition) is 9.